The van der Waals surface area contributed by atoms with Crippen LogP contribution in [0, 0.1) is 10.1 Å². The molecule has 2 rings (SSSR count). The Morgan fingerprint density at radius 2 is 1.88 bits per heavy atom. The monoisotopic (exact) mass is 253 g/mol. The molecule has 2 aromatic rings. The van der Waals surface area contributed by atoms with E-state index in [1.807, 2.05) is 0 Å². The lowest BCUT2D eigenvalue weighted by Gasteiger charge is -2.03. The highest BCUT2D eigenvalue weighted by molar-refractivity contribution is 7.86. The van der Waals surface area contributed by atoms with E-state index < -0.39 is 15.0 Å². The van der Waals surface area contributed by atoms with Gasteiger partial charge in [0.2, 0.25) is 0 Å². The van der Waals surface area contributed by atoms with E-state index >= 15 is 0 Å². The van der Waals surface area contributed by atoms with Crippen LogP contribution in [0.5, 0.6) is 0 Å². The minimum absolute atomic E-state index is 0.129. The second kappa shape index (κ2) is 3.79. The Bertz CT molecular complexity index is 708. The van der Waals surface area contributed by atoms with Gasteiger partial charge < -0.3 is 0 Å². The Labute approximate surface area is 96.4 Å². The maximum absolute atomic E-state index is 11.1. The van der Waals surface area contributed by atoms with Gasteiger partial charge in [-0.2, -0.15) is 8.42 Å². The smallest absolute Gasteiger partial charge is 0.282 e. The molecule has 0 saturated carbocycles. The average molecular weight is 253 g/mol. The first-order valence-electron chi connectivity index (χ1n) is 4.54. The summed E-state index contributed by atoms with van der Waals surface area (Å²) in [7, 11) is -4.39. The van der Waals surface area contributed by atoms with Gasteiger partial charge in [-0.1, -0.05) is 12.1 Å². The SMILES string of the molecule is O=[N+]([O-])c1ccc2cccc(S(=O)(=O)O)c2c1. The molecule has 2 aromatic carbocycles. The van der Waals surface area contributed by atoms with Crippen molar-refractivity contribution in [2.45, 2.75) is 4.90 Å². The molecule has 0 aliphatic heterocycles. The molecular weight excluding hydrogens is 246 g/mol. The van der Waals surface area contributed by atoms with Crippen LogP contribution >= 0.6 is 0 Å². The molecule has 1 N–H and O–H groups in total. The minimum atomic E-state index is -4.39. The van der Waals surface area contributed by atoms with Crippen LogP contribution in [0.1, 0.15) is 0 Å². The van der Waals surface area contributed by atoms with Crippen molar-refractivity contribution in [2.24, 2.45) is 0 Å². The largest absolute Gasteiger partial charge is 0.295 e. The number of hydrogen-bond donors (Lipinski definition) is 1. The first-order chi connectivity index (χ1) is 7.89. The summed E-state index contributed by atoms with van der Waals surface area (Å²) in [5.74, 6) is 0. The van der Waals surface area contributed by atoms with Gasteiger partial charge in [-0.15, -0.1) is 0 Å². The lowest BCUT2D eigenvalue weighted by atomic mass is 10.1. The highest BCUT2D eigenvalue weighted by atomic mass is 32.2. The number of nitrogens with zero attached hydrogens (tertiary/aromatic N) is 1. The molecule has 0 amide bonds. The summed E-state index contributed by atoms with van der Waals surface area (Å²) in [5, 5.41) is 11.2. The summed E-state index contributed by atoms with van der Waals surface area (Å²) < 4.78 is 31.2. The van der Waals surface area contributed by atoms with Gasteiger partial charge in [0.15, 0.2) is 0 Å². The van der Waals surface area contributed by atoms with E-state index in [2.05, 4.69) is 0 Å². The summed E-state index contributed by atoms with van der Waals surface area (Å²) in [6.45, 7) is 0. The lowest BCUT2D eigenvalue weighted by molar-refractivity contribution is -0.384. The maximum Gasteiger partial charge on any atom is 0.295 e. The Morgan fingerprint density at radius 3 is 2.47 bits per heavy atom. The molecule has 6 nitrogen and oxygen atoms in total. The summed E-state index contributed by atoms with van der Waals surface area (Å²) in [5.41, 5.74) is -0.228. The summed E-state index contributed by atoms with van der Waals surface area (Å²) >= 11 is 0. The van der Waals surface area contributed by atoms with Gasteiger partial charge in [-0.25, -0.2) is 0 Å². The van der Waals surface area contributed by atoms with Crippen LogP contribution in [0.4, 0.5) is 5.69 Å². The highest BCUT2D eigenvalue weighted by Crippen LogP contribution is 2.26. The molecule has 0 aliphatic carbocycles. The van der Waals surface area contributed by atoms with Gasteiger partial charge >= 0.3 is 0 Å². The topological polar surface area (TPSA) is 97.5 Å². The van der Waals surface area contributed by atoms with Crippen molar-refractivity contribution < 1.29 is 17.9 Å². The molecule has 0 unspecified atom stereocenters. The minimum Gasteiger partial charge on any atom is -0.282 e. The third-order valence-electron chi connectivity index (χ3n) is 2.31. The van der Waals surface area contributed by atoms with Crippen LogP contribution in [-0.4, -0.2) is 17.9 Å². The highest BCUT2D eigenvalue weighted by Gasteiger charge is 2.16. The van der Waals surface area contributed by atoms with E-state index in [1.54, 1.807) is 6.07 Å². The molecule has 7 heteroatoms. The molecule has 0 aromatic heterocycles. The molecule has 88 valence electrons. The van der Waals surface area contributed by atoms with Crippen LogP contribution in [-0.2, 0) is 10.1 Å². The Morgan fingerprint density at radius 1 is 1.18 bits per heavy atom. The number of non-ortho nitro benzene ring substituents is 1. The number of fused-ring (bicyclic) bond motifs is 1. The van der Waals surface area contributed by atoms with Crippen molar-refractivity contribution in [3.8, 4) is 0 Å². The Hall–Kier alpha value is -1.99. The maximum atomic E-state index is 11.1. The molecule has 0 bridgehead atoms. The second-order valence-corrected chi connectivity index (χ2v) is 4.78. The number of rotatable bonds is 2. The van der Waals surface area contributed by atoms with Crippen LogP contribution in [0.3, 0.4) is 0 Å². The van der Waals surface area contributed by atoms with Crippen LogP contribution in [0.2, 0.25) is 0 Å². The van der Waals surface area contributed by atoms with Gasteiger partial charge in [-0.05, 0) is 17.5 Å². The van der Waals surface area contributed by atoms with E-state index in [-0.39, 0.29) is 16.0 Å². The first-order valence-corrected chi connectivity index (χ1v) is 5.98. The van der Waals surface area contributed by atoms with Crippen LogP contribution < -0.4 is 0 Å². The molecule has 0 fully saturated rings. The molecule has 0 saturated heterocycles. The van der Waals surface area contributed by atoms with E-state index in [0.29, 0.717) is 5.39 Å². The van der Waals surface area contributed by atoms with Gasteiger partial charge in [0.25, 0.3) is 15.8 Å². The van der Waals surface area contributed by atoms with Crippen LogP contribution in [0.25, 0.3) is 10.8 Å². The summed E-state index contributed by atoms with van der Waals surface area (Å²) in [4.78, 5) is 9.64. The quantitative estimate of drug-likeness (QED) is 0.501. The van der Waals surface area contributed by atoms with Crippen molar-refractivity contribution in [1.82, 2.24) is 0 Å². The molecule has 0 spiro atoms. The summed E-state index contributed by atoms with van der Waals surface area (Å²) in [6, 6.07) is 8.09. The molecule has 0 atom stereocenters. The Balaban J connectivity index is 2.86. The van der Waals surface area contributed by atoms with E-state index in [9.17, 15) is 18.5 Å². The molecular formula is C10H7NO5S. The van der Waals surface area contributed by atoms with E-state index in [0.717, 1.165) is 6.07 Å². The van der Waals surface area contributed by atoms with Crippen molar-refractivity contribution >= 4 is 26.6 Å². The van der Waals surface area contributed by atoms with Crippen molar-refractivity contribution in [2.75, 3.05) is 0 Å². The van der Waals surface area contributed by atoms with Crippen molar-refractivity contribution in [3.63, 3.8) is 0 Å². The lowest BCUT2D eigenvalue weighted by Crippen LogP contribution is -1.99. The van der Waals surface area contributed by atoms with Gasteiger partial charge in [-0.3, -0.25) is 14.7 Å². The predicted molar refractivity (Wildman–Crippen MR) is 60.4 cm³/mol. The summed E-state index contributed by atoms with van der Waals surface area (Å²) in [6.07, 6.45) is 0. The molecule has 17 heavy (non-hydrogen) atoms. The first kappa shape index (κ1) is 11.5. The van der Waals surface area contributed by atoms with E-state index in [4.69, 9.17) is 4.55 Å². The van der Waals surface area contributed by atoms with Gasteiger partial charge in [0.05, 0.1) is 4.92 Å². The normalized spacial score (nSPS) is 11.6. The fourth-order valence-corrected chi connectivity index (χ4v) is 2.28. The van der Waals surface area contributed by atoms with Gasteiger partial charge in [0.1, 0.15) is 4.90 Å². The zero-order valence-corrected chi connectivity index (χ0v) is 9.22. The zero-order chi connectivity index (χ0) is 12.6. The fraction of sp³-hybridized carbons (Fsp3) is 0. The molecule has 0 heterocycles. The van der Waals surface area contributed by atoms with Gasteiger partial charge in [0, 0.05) is 17.5 Å². The molecule has 0 aliphatic rings. The Kier molecular flexibility index (Phi) is 2.56. The number of nitro benzene ring substituents is 1. The zero-order valence-electron chi connectivity index (χ0n) is 8.40. The number of benzene rings is 2. The van der Waals surface area contributed by atoms with Crippen molar-refractivity contribution in [1.29, 1.82) is 0 Å². The third-order valence-corrected chi connectivity index (χ3v) is 3.23. The average Bonchev–Trinajstić information content (AvgIpc) is 2.26. The number of nitro groups is 1. The van der Waals surface area contributed by atoms with Crippen molar-refractivity contribution in [3.05, 3.63) is 46.5 Å². The number of hydrogen-bond acceptors (Lipinski definition) is 4. The standard InChI is InChI=1S/C10H7NO5S/c12-11(13)8-5-4-7-2-1-3-10(9(7)6-8)17(14,15)16/h1-6H,(H,14,15,16). The molecule has 0 radical (unpaired) electrons. The van der Waals surface area contributed by atoms with E-state index in [1.165, 1.54) is 24.3 Å². The third kappa shape index (κ3) is 2.10. The fourth-order valence-electron chi connectivity index (χ4n) is 1.57. The predicted octanol–water partition coefficient (Wildman–Crippen LogP) is 1.99. The van der Waals surface area contributed by atoms with Crippen LogP contribution in [0.15, 0.2) is 41.3 Å². The second-order valence-electron chi connectivity index (χ2n) is 3.39.